The largest absolute Gasteiger partial charge is 0.390 e. The third-order valence-electron chi connectivity index (χ3n) is 4.04. The van der Waals surface area contributed by atoms with Gasteiger partial charge in [-0.2, -0.15) is 5.10 Å². The predicted molar refractivity (Wildman–Crippen MR) is 86.7 cm³/mol. The molecule has 0 saturated carbocycles. The lowest BCUT2D eigenvalue weighted by atomic mass is 10.2. The van der Waals surface area contributed by atoms with Crippen LogP contribution in [0.2, 0.25) is 0 Å². The first-order valence-electron chi connectivity index (χ1n) is 8.18. The highest BCUT2D eigenvalue weighted by molar-refractivity contribution is 5.08. The molecule has 6 nitrogen and oxygen atoms in total. The maximum Gasteiger partial charge on any atom is 0.0862 e. The van der Waals surface area contributed by atoms with Crippen LogP contribution in [-0.4, -0.2) is 56.7 Å². The van der Waals surface area contributed by atoms with Gasteiger partial charge in [0.2, 0.25) is 0 Å². The Kier molecular flexibility index (Phi) is 5.74. The molecule has 0 spiro atoms. The highest BCUT2D eigenvalue weighted by Gasteiger charge is 2.21. The summed E-state index contributed by atoms with van der Waals surface area (Å²) in [5.41, 5.74) is 1.15. The molecule has 0 aromatic carbocycles. The summed E-state index contributed by atoms with van der Waals surface area (Å²) in [6, 6.07) is 5.88. The molecule has 0 bridgehead atoms. The minimum absolute atomic E-state index is 0.267. The van der Waals surface area contributed by atoms with Crippen LogP contribution in [0.15, 0.2) is 43.0 Å². The Morgan fingerprint density at radius 1 is 1.39 bits per heavy atom. The summed E-state index contributed by atoms with van der Waals surface area (Å²) < 4.78 is 7.51. The lowest BCUT2D eigenvalue weighted by Crippen LogP contribution is -2.39. The zero-order valence-electron chi connectivity index (χ0n) is 13.3. The fourth-order valence-corrected chi connectivity index (χ4v) is 3.01. The number of aromatic nitrogens is 3. The number of pyridine rings is 1. The molecule has 0 unspecified atom stereocenters. The van der Waals surface area contributed by atoms with E-state index < -0.39 is 6.10 Å². The second-order valence-corrected chi connectivity index (χ2v) is 6.07. The van der Waals surface area contributed by atoms with Crippen LogP contribution < -0.4 is 0 Å². The number of rotatable bonds is 8. The first-order valence-corrected chi connectivity index (χ1v) is 8.18. The van der Waals surface area contributed by atoms with Crippen molar-refractivity contribution in [2.75, 3.05) is 19.7 Å². The molecule has 2 aromatic rings. The zero-order chi connectivity index (χ0) is 15.9. The van der Waals surface area contributed by atoms with Gasteiger partial charge in [-0.05, 0) is 30.5 Å². The number of hydrogen-bond donors (Lipinski definition) is 1. The SMILES string of the molecule is O[C@@H](CN(Cc1cccnc1)C[C@@H]1CCCO1)Cn1cccn1. The molecule has 1 fully saturated rings. The Balaban J connectivity index is 1.59. The Morgan fingerprint density at radius 3 is 3.04 bits per heavy atom. The van der Waals surface area contributed by atoms with Crippen molar-refractivity contribution in [2.24, 2.45) is 0 Å². The molecule has 3 heterocycles. The van der Waals surface area contributed by atoms with E-state index in [-0.39, 0.29) is 6.10 Å². The molecule has 1 saturated heterocycles. The van der Waals surface area contributed by atoms with Crippen LogP contribution >= 0.6 is 0 Å². The van der Waals surface area contributed by atoms with Crippen LogP contribution in [-0.2, 0) is 17.8 Å². The first kappa shape index (κ1) is 16.1. The van der Waals surface area contributed by atoms with Crippen molar-refractivity contribution in [1.82, 2.24) is 19.7 Å². The van der Waals surface area contributed by atoms with Crippen molar-refractivity contribution in [2.45, 2.75) is 38.1 Å². The van der Waals surface area contributed by atoms with Gasteiger partial charge in [0, 0.05) is 51.0 Å². The number of nitrogens with zero attached hydrogens (tertiary/aromatic N) is 4. The molecule has 2 aromatic heterocycles. The van der Waals surface area contributed by atoms with Gasteiger partial charge in [-0.3, -0.25) is 14.6 Å². The van der Waals surface area contributed by atoms with Crippen LogP contribution in [0.4, 0.5) is 0 Å². The summed E-state index contributed by atoms with van der Waals surface area (Å²) >= 11 is 0. The molecule has 3 rings (SSSR count). The van der Waals surface area contributed by atoms with Crippen LogP contribution in [0.3, 0.4) is 0 Å². The second-order valence-electron chi connectivity index (χ2n) is 6.07. The fourth-order valence-electron chi connectivity index (χ4n) is 3.01. The Labute approximate surface area is 136 Å². The highest BCUT2D eigenvalue weighted by Crippen LogP contribution is 2.15. The number of aliphatic hydroxyl groups is 1. The summed E-state index contributed by atoms with van der Waals surface area (Å²) in [6.07, 6.45) is 9.28. The van der Waals surface area contributed by atoms with Crippen molar-refractivity contribution < 1.29 is 9.84 Å². The topological polar surface area (TPSA) is 63.4 Å². The minimum atomic E-state index is -0.465. The van der Waals surface area contributed by atoms with E-state index in [1.54, 1.807) is 17.1 Å². The second kappa shape index (κ2) is 8.19. The van der Waals surface area contributed by atoms with Gasteiger partial charge in [0.05, 0.1) is 18.8 Å². The van der Waals surface area contributed by atoms with Crippen molar-refractivity contribution in [3.05, 3.63) is 48.5 Å². The summed E-state index contributed by atoms with van der Waals surface area (Å²) in [5.74, 6) is 0. The van der Waals surface area contributed by atoms with E-state index in [2.05, 4.69) is 21.0 Å². The molecular weight excluding hydrogens is 292 g/mol. The van der Waals surface area contributed by atoms with Gasteiger partial charge in [-0.1, -0.05) is 6.07 Å². The molecule has 23 heavy (non-hydrogen) atoms. The molecule has 1 aliphatic rings. The Bertz CT molecular complexity index is 555. The van der Waals surface area contributed by atoms with E-state index in [9.17, 15) is 5.11 Å². The van der Waals surface area contributed by atoms with Crippen LogP contribution in [0.5, 0.6) is 0 Å². The molecule has 1 aliphatic heterocycles. The van der Waals surface area contributed by atoms with E-state index in [0.29, 0.717) is 13.1 Å². The van der Waals surface area contributed by atoms with Gasteiger partial charge in [0.15, 0.2) is 0 Å². The van der Waals surface area contributed by atoms with Crippen molar-refractivity contribution >= 4 is 0 Å². The molecule has 124 valence electrons. The zero-order valence-corrected chi connectivity index (χ0v) is 13.3. The van der Waals surface area contributed by atoms with Gasteiger partial charge < -0.3 is 9.84 Å². The van der Waals surface area contributed by atoms with E-state index in [0.717, 1.165) is 38.1 Å². The van der Waals surface area contributed by atoms with Crippen molar-refractivity contribution in [1.29, 1.82) is 0 Å². The predicted octanol–water partition coefficient (Wildman–Crippen LogP) is 1.32. The highest BCUT2D eigenvalue weighted by atomic mass is 16.5. The minimum Gasteiger partial charge on any atom is -0.390 e. The Hall–Kier alpha value is -1.76. The quantitative estimate of drug-likeness (QED) is 0.796. The standard InChI is InChI=1S/C17H24N4O2/c22-16(13-21-8-3-7-19-21)12-20(14-17-5-2-9-23-17)11-15-4-1-6-18-10-15/h1,3-4,6-8,10,16-17,22H,2,5,9,11-14H2/t16-,17-/m0/s1. The number of hydrogen-bond acceptors (Lipinski definition) is 5. The third kappa shape index (κ3) is 5.13. The molecule has 0 radical (unpaired) electrons. The lowest BCUT2D eigenvalue weighted by molar-refractivity contribution is 0.0409. The lowest BCUT2D eigenvalue weighted by Gasteiger charge is -2.27. The van der Waals surface area contributed by atoms with E-state index in [4.69, 9.17) is 4.74 Å². The van der Waals surface area contributed by atoms with Gasteiger partial charge in [-0.15, -0.1) is 0 Å². The normalized spacial score (nSPS) is 19.3. The summed E-state index contributed by atoms with van der Waals surface area (Å²) in [6.45, 7) is 3.55. The van der Waals surface area contributed by atoms with Crippen molar-refractivity contribution in [3.8, 4) is 0 Å². The average molecular weight is 316 g/mol. The van der Waals surface area contributed by atoms with Gasteiger partial charge in [0.1, 0.15) is 0 Å². The number of aliphatic hydroxyl groups excluding tert-OH is 1. The smallest absolute Gasteiger partial charge is 0.0862 e. The summed E-state index contributed by atoms with van der Waals surface area (Å²) in [7, 11) is 0. The van der Waals surface area contributed by atoms with E-state index in [1.165, 1.54) is 0 Å². The van der Waals surface area contributed by atoms with Crippen molar-refractivity contribution in [3.63, 3.8) is 0 Å². The maximum absolute atomic E-state index is 10.4. The molecular formula is C17H24N4O2. The average Bonchev–Trinajstić information content (AvgIpc) is 3.22. The van der Waals surface area contributed by atoms with E-state index in [1.807, 2.05) is 24.5 Å². The van der Waals surface area contributed by atoms with Gasteiger partial charge in [0.25, 0.3) is 0 Å². The fraction of sp³-hybridized carbons (Fsp3) is 0.529. The van der Waals surface area contributed by atoms with E-state index >= 15 is 0 Å². The van der Waals surface area contributed by atoms with Gasteiger partial charge >= 0.3 is 0 Å². The molecule has 6 heteroatoms. The van der Waals surface area contributed by atoms with Crippen LogP contribution in [0.1, 0.15) is 18.4 Å². The number of ether oxygens (including phenoxy) is 1. The summed E-state index contributed by atoms with van der Waals surface area (Å²) in [4.78, 5) is 6.43. The molecule has 1 N–H and O–H groups in total. The van der Waals surface area contributed by atoms with Crippen LogP contribution in [0.25, 0.3) is 0 Å². The van der Waals surface area contributed by atoms with Gasteiger partial charge in [-0.25, -0.2) is 0 Å². The monoisotopic (exact) mass is 316 g/mol. The molecule has 0 amide bonds. The maximum atomic E-state index is 10.4. The Morgan fingerprint density at radius 2 is 2.35 bits per heavy atom. The summed E-state index contributed by atoms with van der Waals surface area (Å²) in [5, 5.41) is 14.5. The third-order valence-corrected chi connectivity index (χ3v) is 4.04. The molecule has 0 aliphatic carbocycles. The first-order chi connectivity index (χ1) is 11.3. The molecule has 2 atom stereocenters. The van der Waals surface area contributed by atoms with Crippen LogP contribution in [0, 0.1) is 0 Å².